The van der Waals surface area contributed by atoms with Crippen LogP contribution in [0.2, 0.25) is 0 Å². The second-order valence-corrected chi connectivity index (χ2v) is 9.89. The molecule has 188 valence electrons. The Labute approximate surface area is 206 Å². The number of aromatic nitrogens is 1. The number of hydrogen-bond acceptors (Lipinski definition) is 5. The summed E-state index contributed by atoms with van der Waals surface area (Å²) in [6.07, 6.45) is 0.837. The lowest BCUT2D eigenvalue weighted by Crippen LogP contribution is -2.55. The molecule has 0 saturated heterocycles. The summed E-state index contributed by atoms with van der Waals surface area (Å²) >= 11 is 0. The topological polar surface area (TPSA) is 113 Å². The minimum absolute atomic E-state index is 0.0249. The monoisotopic (exact) mass is 481 g/mol. The Hall–Kier alpha value is -3.04. The molecular formula is C26H36BN3O5. The molecule has 3 aromatic rings. The summed E-state index contributed by atoms with van der Waals surface area (Å²) in [6, 6.07) is 12.9. The lowest BCUT2D eigenvalue weighted by Gasteiger charge is -2.25. The van der Waals surface area contributed by atoms with E-state index in [1.807, 2.05) is 74.7 Å². The molecule has 0 aliphatic carbocycles. The highest BCUT2D eigenvalue weighted by molar-refractivity contribution is 6.43. The van der Waals surface area contributed by atoms with Gasteiger partial charge in [-0.15, -0.1) is 0 Å². The smallest absolute Gasteiger partial charge is 0.475 e. The molecule has 1 heterocycles. The van der Waals surface area contributed by atoms with Gasteiger partial charge in [-0.25, -0.2) is 0 Å². The lowest BCUT2D eigenvalue weighted by atomic mass is 9.75. The molecule has 2 aromatic carbocycles. The molecule has 0 fully saturated rings. The van der Waals surface area contributed by atoms with Gasteiger partial charge in [0, 0.05) is 22.4 Å². The highest BCUT2D eigenvalue weighted by atomic mass is 16.5. The minimum Gasteiger partial charge on any atom is -0.497 e. The molecule has 0 saturated carbocycles. The van der Waals surface area contributed by atoms with Crippen molar-refractivity contribution in [2.75, 3.05) is 7.11 Å². The Morgan fingerprint density at radius 1 is 0.943 bits per heavy atom. The number of hydrogen-bond donors (Lipinski definition) is 4. The zero-order valence-corrected chi connectivity index (χ0v) is 21.1. The molecule has 0 bridgehead atoms. The molecule has 0 spiro atoms. The molecule has 2 atom stereocenters. The maximum absolute atomic E-state index is 13.2. The van der Waals surface area contributed by atoms with Gasteiger partial charge in [0.25, 0.3) is 0 Å². The zero-order valence-electron chi connectivity index (χ0n) is 21.1. The number of methoxy groups -OCH3 is 1. The van der Waals surface area contributed by atoms with Crippen molar-refractivity contribution in [3.8, 4) is 5.75 Å². The van der Waals surface area contributed by atoms with Gasteiger partial charge >= 0.3 is 7.12 Å². The summed E-state index contributed by atoms with van der Waals surface area (Å²) in [7, 11) is -0.0735. The van der Waals surface area contributed by atoms with Crippen LogP contribution in [0.15, 0.2) is 42.5 Å². The molecule has 35 heavy (non-hydrogen) atoms. The van der Waals surface area contributed by atoms with Crippen LogP contribution in [0.3, 0.4) is 0 Å². The molecule has 3 rings (SSSR count). The van der Waals surface area contributed by atoms with Gasteiger partial charge in [-0.3, -0.25) is 9.59 Å². The highest BCUT2D eigenvalue weighted by Crippen LogP contribution is 2.31. The molecule has 2 amide bonds. The predicted molar refractivity (Wildman–Crippen MR) is 139 cm³/mol. The molecule has 0 aliphatic rings. The Bertz CT molecular complexity index is 1170. The Balaban J connectivity index is 1.85. The molecule has 0 unspecified atom stereocenters. The Morgan fingerprint density at radius 2 is 1.60 bits per heavy atom. The summed E-state index contributed by atoms with van der Waals surface area (Å²) in [5.74, 6) is -0.536. The number of carbonyl (C=O) groups excluding carboxylic acids is 2. The van der Waals surface area contributed by atoms with E-state index < -0.39 is 25.0 Å². The van der Waals surface area contributed by atoms with Crippen LogP contribution in [0.25, 0.3) is 21.8 Å². The van der Waals surface area contributed by atoms with E-state index in [0.29, 0.717) is 18.6 Å². The van der Waals surface area contributed by atoms with Crippen molar-refractivity contribution in [3.63, 3.8) is 0 Å². The van der Waals surface area contributed by atoms with Gasteiger partial charge in [-0.05, 0) is 42.9 Å². The second-order valence-electron chi connectivity index (χ2n) is 9.89. The summed E-state index contributed by atoms with van der Waals surface area (Å²) in [4.78, 5) is 26.3. The second kappa shape index (κ2) is 11.6. The number of para-hydroxylation sites is 1. The van der Waals surface area contributed by atoms with Gasteiger partial charge in [0.05, 0.1) is 18.6 Å². The average molecular weight is 481 g/mol. The van der Waals surface area contributed by atoms with Crippen molar-refractivity contribution in [1.29, 1.82) is 0 Å². The molecule has 9 heteroatoms. The van der Waals surface area contributed by atoms with E-state index in [2.05, 4.69) is 10.6 Å². The predicted octanol–water partition coefficient (Wildman–Crippen LogP) is 2.88. The number of nitrogens with one attached hydrogen (secondary N) is 2. The van der Waals surface area contributed by atoms with Crippen LogP contribution < -0.4 is 15.4 Å². The van der Waals surface area contributed by atoms with E-state index >= 15 is 0 Å². The summed E-state index contributed by atoms with van der Waals surface area (Å²) < 4.78 is 7.32. The molecule has 4 N–H and O–H groups in total. The number of amides is 2. The van der Waals surface area contributed by atoms with Crippen molar-refractivity contribution in [1.82, 2.24) is 15.2 Å². The van der Waals surface area contributed by atoms with Crippen LogP contribution in [0, 0.1) is 11.8 Å². The highest BCUT2D eigenvalue weighted by Gasteiger charge is 2.30. The number of fused-ring (bicyclic) bond motifs is 3. The first-order valence-corrected chi connectivity index (χ1v) is 12.1. The van der Waals surface area contributed by atoms with Gasteiger partial charge in [0.1, 0.15) is 18.3 Å². The first-order valence-electron chi connectivity index (χ1n) is 12.1. The molecule has 8 nitrogen and oxygen atoms in total. The Morgan fingerprint density at radius 3 is 2.23 bits per heavy atom. The quantitative estimate of drug-likeness (QED) is 0.315. The van der Waals surface area contributed by atoms with Gasteiger partial charge in [-0.2, -0.15) is 0 Å². The van der Waals surface area contributed by atoms with Crippen LogP contribution >= 0.6 is 0 Å². The van der Waals surface area contributed by atoms with E-state index in [9.17, 15) is 19.6 Å². The number of rotatable bonds is 11. The van der Waals surface area contributed by atoms with E-state index in [1.54, 1.807) is 7.11 Å². The third-order valence-corrected chi connectivity index (χ3v) is 6.05. The molecule has 0 aliphatic heterocycles. The fraction of sp³-hybridized carbons (Fsp3) is 0.462. The van der Waals surface area contributed by atoms with E-state index in [1.165, 1.54) is 0 Å². The summed E-state index contributed by atoms with van der Waals surface area (Å²) in [6.45, 7) is 7.85. The van der Waals surface area contributed by atoms with Crippen molar-refractivity contribution in [3.05, 3.63) is 42.5 Å². The number of nitrogens with zero attached hydrogens (tertiary/aromatic N) is 1. The fourth-order valence-corrected chi connectivity index (χ4v) is 4.46. The first kappa shape index (κ1) is 26.6. The SMILES string of the molecule is COc1ccc2c3ccccc3n(CC(=O)N[C@@H](CC(C)C)C(=O)N[C@@H](CC(C)C)B(O)O)c2c1. The van der Waals surface area contributed by atoms with E-state index in [4.69, 9.17) is 4.74 Å². The third-order valence-electron chi connectivity index (χ3n) is 6.05. The standard InChI is InChI=1S/C26H36BN3O5/c1-16(2)12-21(26(32)29-24(27(33)34)13-17(3)4)28-25(31)15-30-22-9-7-6-8-19(22)20-11-10-18(35-5)14-23(20)30/h6-11,14,16-17,21,24,33-34H,12-13,15H2,1-5H3,(H,28,31)(H,29,32)/t21-,24-/m0/s1. The third kappa shape index (κ3) is 6.55. The van der Waals surface area contributed by atoms with Gasteiger partial charge in [0.2, 0.25) is 11.8 Å². The summed E-state index contributed by atoms with van der Waals surface area (Å²) in [5.41, 5.74) is 1.78. The lowest BCUT2D eigenvalue weighted by molar-refractivity contribution is -0.129. The number of ether oxygens (including phenoxy) is 1. The zero-order chi connectivity index (χ0) is 25.7. The fourth-order valence-electron chi connectivity index (χ4n) is 4.46. The maximum atomic E-state index is 13.2. The Kier molecular flexibility index (Phi) is 8.80. The first-order chi connectivity index (χ1) is 16.6. The largest absolute Gasteiger partial charge is 0.497 e. The average Bonchev–Trinajstić information content (AvgIpc) is 3.10. The summed E-state index contributed by atoms with van der Waals surface area (Å²) in [5, 5.41) is 27.1. The number of carbonyl (C=O) groups is 2. The van der Waals surface area contributed by atoms with Crippen molar-refractivity contribution in [2.45, 2.75) is 59.1 Å². The van der Waals surface area contributed by atoms with E-state index in [-0.39, 0.29) is 24.3 Å². The van der Waals surface area contributed by atoms with Gasteiger partial charge in [0.15, 0.2) is 0 Å². The number of benzene rings is 2. The van der Waals surface area contributed by atoms with Crippen LogP contribution in [-0.4, -0.2) is 52.6 Å². The van der Waals surface area contributed by atoms with Crippen LogP contribution in [0.4, 0.5) is 0 Å². The molecule has 1 aromatic heterocycles. The van der Waals surface area contributed by atoms with Crippen molar-refractivity contribution >= 4 is 40.7 Å². The maximum Gasteiger partial charge on any atom is 0.475 e. The van der Waals surface area contributed by atoms with Crippen LogP contribution in [-0.2, 0) is 16.1 Å². The van der Waals surface area contributed by atoms with Gasteiger partial charge < -0.3 is 30.0 Å². The molecule has 0 radical (unpaired) electrons. The minimum atomic E-state index is -1.68. The van der Waals surface area contributed by atoms with Gasteiger partial charge in [-0.1, -0.05) is 45.9 Å². The van der Waals surface area contributed by atoms with Crippen LogP contribution in [0.5, 0.6) is 5.75 Å². The van der Waals surface area contributed by atoms with Crippen molar-refractivity contribution < 1.29 is 24.4 Å². The normalized spacial score (nSPS) is 13.3. The van der Waals surface area contributed by atoms with E-state index in [0.717, 1.165) is 21.8 Å². The molecular weight excluding hydrogens is 445 g/mol. The van der Waals surface area contributed by atoms with Crippen molar-refractivity contribution in [2.24, 2.45) is 11.8 Å². The van der Waals surface area contributed by atoms with Crippen LogP contribution in [0.1, 0.15) is 40.5 Å².